The molecular formula is C41H53N5O5S. The van der Waals surface area contributed by atoms with Gasteiger partial charge in [0.2, 0.25) is 11.8 Å². The van der Waals surface area contributed by atoms with Crippen LogP contribution in [-0.4, -0.2) is 98.5 Å². The second-order valence-electron chi connectivity index (χ2n) is 14.4. The standard InChI is InChI=1S/C41H51N5O5.H2S/c1-29(2)51-37(47)18-22-42-40(50)41(30-11-5-4-6-12-30)21-17-33(32-13-7-9-15-35(32)41)39(49)46-23-19-31(20-24-46)43-38(48)34-14-8-10-16-36(34)45-27-25-44(3)26-28-45;/h4-16,29,31,33H,17-28H2,1-3H3,(H,42,50)(H,43,48);1H2/t33-,41+;/m0./s1. The summed E-state index contributed by atoms with van der Waals surface area (Å²) in [5, 5.41) is 6.29. The quantitative estimate of drug-likeness (QED) is 0.294. The van der Waals surface area contributed by atoms with Gasteiger partial charge in [-0.25, -0.2) is 0 Å². The Labute approximate surface area is 314 Å². The zero-order valence-electron chi connectivity index (χ0n) is 30.6. The minimum atomic E-state index is -1.01. The highest BCUT2D eigenvalue weighted by atomic mass is 32.1. The SMILES string of the molecule is CC(C)OC(=O)CCNC(=O)[C@@]1(c2ccccc2)CC[C@H](C(=O)N2CCC(NC(=O)c3ccccc3N3CCN(C)CC3)CC2)c2ccccc21.S. The first kappa shape index (κ1) is 38.9. The van der Waals surface area contributed by atoms with Crippen LogP contribution in [0, 0.1) is 0 Å². The average Bonchev–Trinajstić information content (AvgIpc) is 3.14. The van der Waals surface area contributed by atoms with Crippen LogP contribution in [0.4, 0.5) is 5.69 Å². The molecule has 2 heterocycles. The van der Waals surface area contributed by atoms with Crippen molar-refractivity contribution < 1.29 is 23.9 Å². The number of nitrogens with zero attached hydrogens (tertiary/aromatic N) is 3. The van der Waals surface area contributed by atoms with Gasteiger partial charge in [-0.2, -0.15) is 13.5 Å². The van der Waals surface area contributed by atoms with E-state index in [1.807, 2.05) is 83.8 Å². The minimum Gasteiger partial charge on any atom is -0.463 e. The van der Waals surface area contributed by atoms with Crippen LogP contribution in [-0.2, 0) is 24.5 Å². The molecule has 11 heteroatoms. The number of amides is 3. The van der Waals surface area contributed by atoms with E-state index in [2.05, 4.69) is 27.5 Å². The Morgan fingerprint density at radius 2 is 1.48 bits per heavy atom. The van der Waals surface area contributed by atoms with Crippen molar-refractivity contribution in [2.75, 3.05) is 57.8 Å². The number of esters is 1. The van der Waals surface area contributed by atoms with Crippen LogP contribution < -0.4 is 15.5 Å². The molecule has 6 rings (SSSR count). The van der Waals surface area contributed by atoms with Crippen LogP contribution in [0.2, 0.25) is 0 Å². The number of rotatable bonds is 10. The van der Waals surface area contributed by atoms with Gasteiger partial charge in [0.05, 0.1) is 29.4 Å². The molecule has 52 heavy (non-hydrogen) atoms. The summed E-state index contributed by atoms with van der Waals surface area (Å²) in [5.41, 5.74) is 3.21. The molecule has 0 radical (unpaired) electrons. The first-order valence-electron chi connectivity index (χ1n) is 18.4. The molecule has 3 amide bonds. The highest BCUT2D eigenvalue weighted by Gasteiger charge is 2.48. The number of para-hydroxylation sites is 1. The highest BCUT2D eigenvalue weighted by Crippen LogP contribution is 2.48. The summed E-state index contributed by atoms with van der Waals surface area (Å²) in [5.74, 6) is -0.926. The molecular weight excluding hydrogens is 675 g/mol. The number of piperazine rings is 1. The lowest BCUT2D eigenvalue weighted by Crippen LogP contribution is -2.51. The fourth-order valence-electron chi connectivity index (χ4n) is 7.95. The van der Waals surface area contributed by atoms with Gasteiger partial charge in [-0.1, -0.05) is 66.7 Å². The Hall–Kier alpha value is -4.35. The third-order valence-corrected chi connectivity index (χ3v) is 10.7. The molecule has 2 atom stereocenters. The lowest BCUT2D eigenvalue weighted by atomic mass is 9.62. The van der Waals surface area contributed by atoms with Crippen LogP contribution in [0.3, 0.4) is 0 Å². The topological polar surface area (TPSA) is 111 Å². The number of ether oxygens (including phenoxy) is 1. The van der Waals surface area contributed by atoms with Crippen LogP contribution >= 0.6 is 13.5 Å². The number of likely N-dealkylation sites (N-methyl/N-ethyl adjacent to an activating group) is 1. The minimum absolute atomic E-state index is 0. The number of benzene rings is 3. The van der Waals surface area contributed by atoms with E-state index in [4.69, 9.17) is 4.74 Å². The number of carbonyl (C=O) groups is 4. The van der Waals surface area contributed by atoms with E-state index in [9.17, 15) is 19.2 Å². The first-order valence-corrected chi connectivity index (χ1v) is 18.4. The summed E-state index contributed by atoms with van der Waals surface area (Å²) < 4.78 is 5.26. The molecule has 0 bridgehead atoms. The molecule has 3 aromatic carbocycles. The number of piperidine rings is 1. The van der Waals surface area contributed by atoms with Crippen LogP contribution in [0.15, 0.2) is 78.9 Å². The number of nitrogens with one attached hydrogen (secondary N) is 2. The van der Waals surface area contributed by atoms with Crippen LogP contribution in [0.25, 0.3) is 0 Å². The largest absolute Gasteiger partial charge is 0.463 e. The van der Waals surface area contributed by atoms with E-state index >= 15 is 0 Å². The third-order valence-electron chi connectivity index (χ3n) is 10.7. The van der Waals surface area contributed by atoms with Gasteiger partial charge < -0.3 is 30.1 Å². The van der Waals surface area contributed by atoms with E-state index in [-0.39, 0.29) is 68.2 Å². The monoisotopic (exact) mass is 727 g/mol. The Morgan fingerprint density at radius 1 is 0.827 bits per heavy atom. The second-order valence-corrected chi connectivity index (χ2v) is 14.4. The van der Waals surface area contributed by atoms with Crippen molar-refractivity contribution in [3.05, 3.63) is 101 Å². The Bertz CT molecular complexity index is 1700. The van der Waals surface area contributed by atoms with Gasteiger partial charge in [0.25, 0.3) is 5.91 Å². The van der Waals surface area contributed by atoms with Crippen molar-refractivity contribution in [3.8, 4) is 0 Å². The van der Waals surface area contributed by atoms with Gasteiger partial charge in [0.1, 0.15) is 0 Å². The molecule has 0 saturated carbocycles. The fraction of sp³-hybridized carbons (Fsp3) is 0.463. The number of hydrogen-bond donors (Lipinski definition) is 2. The highest BCUT2D eigenvalue weighted by molar-refractivity contribution is 7.59. The average molecular weight is 728 g/mol. The number of carbonyl (C=O) groups excluding carboxylic acids is 4. The normalized spacial score (nSPS) is 20.7. The van der Waals surface area contributed by atoms with Crippen molar-refractivity contribution in [2.24, 2.45) is 0 Å². The molecule has 3 aromatic rings. The van der Waals surface area contributed by atoms with E-state index < -0.39 is 5.41 Å². The second kappa shape index (κ2) is 17.4. The Kier molecular flexibility index (Phi) is 13.0. The summed E-state index contributed by atoms with van der Waals surface area (Å²) in [4.78, 5) is 60.7. The lowest BCUT2D eigenvalue weighted by Gasteiger charge is -2.42. The molecule has 2 aliphatic heterocycles. The maximum atomic E-state index is 14.2. The first-order chi connectivity index (χ1) is 24.7. The summed E-state index contributed by atoms with van der Waals surface area (Å²) in [6.45, 7) is 8.57. The van der Waals surface area contributed by atoms with E-state index in [0.717, 1.165) is 48.6 Å². The Morgan fingerprint density at radius 3 is 2.19 bits per heavy atom. The van der Waals surface area contributed by atoms with Crippen molar-refractivity contribution in [3.63, 3.8) is 0 Å². The molecule has 0 aromatic heterocycles. The number of likely N-dealkylation sites (tertiary alicyclic amines) is 1. The van der Waals surface area contributed by atoms with Crippen molar-refractivity contribution in [2.45, 2.75) is 69.4 Å². The zero-order valence-corrected chi connectivity index (χ0v) is 31.6. The van der Waals surface area contributed by atoms with Gasteiger partial charge in [-0.15, -0.1) is 0 Å². The predicted octanol–water partition coefficient (Wildman–Crippen LogP) is 4.59. The zero-order chi connectivity index (χ0) is 36.0. The van der Waals surface area contributed by atoms with Gasteiger partial charge in [-0.3, -0.25) is 19.2 Å². The van der Waals surface area contributed by atoms with Gasteiger partial charge >= 0.3 is 5.97 Å². The number of hydrogen-bond acceptors (Lipinski definition) is 7. The molecule has 1 aliphatic carbocycles. The maximum absolute atomic E-state index is 14.2. The maximum Gasteiger partial charge on any atom is 0.307 e. The summed E-state index contributed by atoms with van der Waals surface area (Å²) in [6, 6.07) is 25.3. The molecule has 2 N–H and O–H groups in total. The van der Waals surface area contributed by atoms with Crippen molar-refractivity contribution in [1.82, 2.24) is 20.4 Å². The summed E-state index contributed by atoms with van der Waals surface area (Å²) in [7, 11) is 2.12. The number of anilines is 1. The van der Waals surface area contributed by atoms with E-state index in [0.29, 0.717) is 44.3 Å². The molecule has 0 spiro atoms. The fourth-order valence-corrected chi connectivity index (χ4v) is 7.95. The van der Waals surface area contributed by atoms with Crippen LogP contribution in [0.1, 0.15) is 78.9 Å². The molecule has 2 saturated heterocycles. The Balaban J connectivity index is 0.00000523. The number of fused-ring (bicyclic) bond motifs is 1. The van der Waals surface area contributed by atoms with Crippen molar-refractivity contribution >= 4 is 42.9 Å². The van der Waals surface area contributed by atoms with Gasteiger partial charge in [-0.05, 0) is 75.4 Å². The van der Waals surface area contributed by atoms with Gasteiger partial charge in [0.15, 0.2) is 0 Å². The third kappa shape index (κ3) is 8.47. The summed E-state index contributed by atoms with van der Waals surface area (Å²) in [6.07, 6.45) is 2.18. The lowest BCUT2D eigenvalue weighted by molar-refractivity contribution is -0.147. The molecule has 0 unspecified atom stereocenters. The van der Waals surface area contributed by atoms with Crippen LogP contribution in [0.5, 0.6) is 0 Å². The predicted molar refractivity (Wildman–Crippen MR) is 208 cm³/mol. The molecule has 10 nitrogen and oxygen atoms in total. The van der Waals surface area contributed by atoms with E-state index in [1.54, 1.807) is 13.8 Å². The van der Waals surface area contributed by atoms with Crippen molar-refractivity contribution in [1.29, 1.82) is 0 Å². The molecule has 3 aliphatic rings. The molecule has 2 fully saturated rings. The summed E-state index contributed by atoms with van der Waals surface area (Å²) >= 11 is 0. The van der Waals surface area contributed by atoms with Gasteiger partial charge in [0, 0.05) is 57.5 Å². The molecule has 278 valence electrons. The smallest absolute Gasteiger partial charge is 0.307 e. The van der Waals surface area contributed by atoms with E-state index in [1.165, 1.54) is 0 Å².